The highest BCUT2D eigenvalue weighted by atomic mass is 19.4. The summed E-state index contributed by atoms with van der Waals surface area (Å²) in [5.41, 5.74) is 4.48. The zero-order valence-corrected chi connectivity index (χ0v) is 7.31. The van der Waals surface area contributed by atoms with E-state index < -0.39 is 11.7 Å². The van der Waals surface area contributed by atoms with Crippen molar-refractivity contribution in [3.05, 3.63) is 28.8 Å². The van der Waals surface area contributed by atoms with Crippen LogP contribution in [0.1, 0.15) is 16.7 Å². The second-order valence-corrected chi connectivity index (χ2v) is 2.86. The standard InChI is InChI=1S/C9H7F3N2/c1-5-2-8(14)6(4-13)3-7(5)9(10,11)12/h2-3H,14H2,1H3. The van der Waals surface area contributed by atoms with E-state index in [1.807, 2.05) is 0 Å². The Morgan fingerprint density at radius 1 is 1.36 bits per heavy atom. The quantitative estimate of drug-likeness (QED) is 0.654. The molecule has 0 aliphatic heterocycles. The summed E-state index contributed by atoms with van der Waals surface area (Å²) in [5.74, 6) is 0. The summed E-state index contributed by atoms with van der Waals surface area (Å²) in [6.07, 6.45) is -4.44. The number of nitriles is 1. The first kappa shape index (κ1) is 10.4. The summed E-state index contributed by atoms with van der Waals surface area (Å²) in [6.45, 7) is 1.31. The van der Waals surface area contributed by atoms with Gasteiger partial charge in [0.2, 0.25) is 0 Å². The molecule has 0 aliphatic rings. The second kappa shape index (κ2) is 3.22. The van der Waals surface area contributed by atoms with Crippen LogP contribution >= 0.6 is 0 Å². The van der Waals surface area contributed by atoms with E-state index in [1.165, 1.54) is 6.92 Å². The number of hydrogen-bond donors (Lipinski definition) is 1. The van der Waals surface area contributed by atoms with Crippen molar-refractivity contribution in [3.63, 3.8) is 0 Å². The Bertz CT molecular complexity index is 402. The number of nitrogens with two attached hydrogens (primary N) is 1. The van der Waals surface area contributed by atoms with Crippen LogP contribution in [0.4, 0.5) is 18.9 Å². The zero-order valence-electron chi connectivity index (χ0n) is 7.31. The lowest BCUT2D eigenvalue weighted by atomic mass is 10.0. The summed E-state index contributed by atoms with van der Waals surface area (Å²) < 4.78 is 37.0. The molecule has 0 unspecified atom stereocenters. The highest BCUT2D eigenvalue weighted by Crippen LogP contribution is 2.33. The van der Waals surface area contributed by atoms with Crippen LogP contribution in [0.5, 0.6) is 0 Å². The Balaban J connectivity index is 3.41. The van der Waals surface area contributed by atoms with E-state index in [0.29, 0.717) is 0 Å². The van der Waals surface area contributed by atoms with Crippen molar-refractivity contribution < 1.29 is 13.2 Å². The monoisotopic (exact) mass is 200 g/mol. The van der Waals surface area contributed by atoms with Crippen molar-refractivity contribution >= 4 is 5.69 Å². The number of benzene rings is 1. The molecule has 0 aromatic heterocycles. The van der Waals surface area contributed by atoms with Crippen molar-refractivity contribution in [2.24, 2.45) is 0 Å². The van der Waals surface area contributed by atoms with Gasteiger partial charge in [0.05, 0.1) is 11.1 Å². The molecule has 1 rings (SSSR count). The third-order valence-corrected chi connectivity index (χ3v) is 1.82. The zero-order chi connectivity index (χ0) is 10.9. The number of nitrogens with zero attached hydrogens (tertiary/aromatic N) is 1. The van der Waals surface area contributed by atoms with Gasteiger partial charge in [-0.05, 0) is 24.6 Å². The molecule has 0 saturated carbocycles. The Kier molecular flexibility index (Phi) is 2.39. The van der Waals surface area contributed by atoms with E-state index in [9.17, 15) is 13.2 Å². The Morgan fingerprint density at radius 2 is 1.93 bits per heavy atom. The van der Waals surface area contributed by atoms with Gasteiger partial charge in [-0.1, -0.05) is 0 Å². The van der Waals surface area contributed by atoms with Crippen molar-refractivity contribution in [3.8, 4) is 6.07 Å². The minimum atomic E-state index is -4.44. The van der Waals surface area contributed by atoms with Gasteiger partial charge in [0.15, 0.2) is 0 Å². The molecular formula is C9H7F3N2. The van der Waals surface area contributed by atoms with Gasteiger partial charge in [0.1, 0.15) is 6.07 Å². The maximum atomic E-state index is 12.3. The second-order valence-electron chi connectivity index (χ2n) is 2.86. The van der Waals surface area contributed by atoms with Gasteiger partial charge in [-0.25, -0.2) is 0 Å². The van der Waals surface area contributed by atoms with Gasteiger partial charge in [-0.2, -0.15) is 18.4 Å². The van der Waals surface area contributed by atoms with Crippen LogP contribution in [0.15, 0.2) is 12.1 Å². The molecule has 0 saturated heterocycles. The fourth-order valence-electron chi connectivity index (χ4n) is 1.13. The molecular weight excluding hydrogens is 193 g/mol. The van der Waals surface area contributed by atoms with Crippen molar-refractivity contribution in [1.82, 2.24) is 0 Å². The summed E-state index contributed by atoms with van der Waals surface area (Å²) >= 11 is 0. The van der Waals surface area contributed by atoms with Crippen LogP contribution in [0.2, 0.25) is 0 Å². The fraction of sp³-hybridized carbons (Fsp3) is 0.222. The van der Waals surface area contributed by atoms with E-state index in [4.69, 9.17) is 11.0 Å². The van der Waals surface area contributed by atoms with Gasteiger partial charge >= 0.3 is 6.18 Å². The minimum Gasteiger partial charge on any atom is -0.398 e. The molecule has 0 atom stereocenters. The number of halogens is 3. The topological polar surface area (TPSA) is 49.8 Å². The van der Waals surface area contributed by atoms with Gasteiger partial charge in [0, 0.05) is 5.69 Å². The molecule has 0 spiro atoms. The first-order valence-electron chi connectivity index (χ1n) is 3.73. The number of nitrogen functional groups attached to an aromatic ring is 1. The van der Waals surface area contributed by atoms with Crippen LogP contribution in [0.25, 0.3) is 0 Å². The van der Waals surface area contributed by atoms with Crippen LogP contribution < -0.4 is 5.73 Å². The summed E-state index contributed by atoms with van der Waals surface area (Å²) in [7, 11) is 0. The maximum absolute atomic E-state index is 12.3. The van der Waals surface area contributed by atoms with Crippen molar-refractivity contribution in [2.75, 3.05) is 5.73 Å². The molecule has 0 fully saturated rings. The lowest BCUT2D eigenvalue weighted by molar-refractivity contribution is -0.138. The van der Waals surface area contributed by atoms with E-state index in [0.717, 1.165) is 12.1 Å². The molecule has 1 aromatic rings. The third-order valence-electron chi connectivity index (χ3n) is 1.82. The molecule has 5 heteroatoms. The normalized spacial score (nSPS) is 11.1. The Labute approximate surface area is 78.8 Å². The molecule has 0 heterocycles. The number of rotatable bonds is 0. The number of alkyl halides is 3. The number of anilines is 1. The largest absolute Gasteiger partial charge is 0.416 e. The molecule has 1 aromatic carbocycles. The van der Waals surface area contributed by atoms with E-state index in [2.05, 4.69) is 0 Å². The predicted octanol–water partition coefficient (Wildman–Crippen LogP) is 2.47. The van der Waals surface area contributed by atoms with E-state index in [1.54, 1.807) is 6.07 Å². The SMILES string of the molecule is Cc1cc(N)c(C#N)cc1C(F)(F)F. The molecule has 2 N–H and O–H groups in total. The average Bonchev–Trinajstić information content (AvgIpc) is 2.02. The summed E-state index contributed by atoms with van der Waals surface area (Å²) in [4.78, 5) is 0. The van der Waals surface area contributed by atoms with Crippen molar-refractivity contribution in [1.29, 1.82) is 5.26 Å². The van der Waals surface area contributed by atoms with Crippen LogP contribution in [0.3, 0.4) is 0 Å². The van der Waals surface area contributed by atoms with Gasteiger partial charge in [0.25, 0.3) is 0 Å². The first-order valence-corrected chi connectivity index (χ1v) is 3.73. The predicted molar refractivity (Wildman–Crippen MR) is 45.3 cm³/mol. The molecule has 0 amide bonds. The minimum absolute atomic E-state index is 0.0222. The van der Waals surface area contributed by atoms with E-state index >= 15 is 0 Å². The molecule has 74 valence electrons. The maximum Gasteiger partial charge on any atom is 0.416 e. The van der Waals surface area contributed by atoms with Gasteiger partial charge < -0.3 is 5.73 Å². The summed E-state index contributed by atoms with van der Waals surface area (Å²) in [6, 6.07) is 3.53. The lowest BCUT2D eigenvalue weighted by Gasteiger charge is -2.11. The van der Waals surface area contributed by atoms with Crippen LogP contribution in [0, 0.1) is 18.3 Å². The first-order chi connectivity index (χ1) is 6.36. The Hall–Kier alpha value is -1.70. The van der Waals surface area contributed by atoms with Crippen molar-refractivity contribution in [2.45, 2.75) is 13.1 Å². The number of hydrogen-bond acceptors (Lipinski definition) is 2. The molecule has 0 radical (unpaired) electrons. The average molecular weight is 200 g/mol. The Morgan fingerprint density at radius 3 is 2.36 bits per heavy atom. The number of aryl methyl sites for hydroxylation is 1. The van der Waals surface area contributed by atoms with Gasteiger partial charge in [-0.15, -0.1) is 0 Å². The molecule has 0 aliphatic carbocycles. The van der Waals surface area contributed by atoms with E-state index in [-0.39, 0.29) is 16.8 Å². The lowest BCUT2D eigenvalue weighted by Crippen LogP contribution is -2.09. The molecule has 14 heavy (non-hydrogen) atoms. The van der Waals surface area contributed by atoms with Crippen LogP contribution in [-0.4, -0.2) is 0 Å². The van der Waals surface area contributed by atoms with Gasteiger partial charge in [-0.3, -0.25) is 0 Å². The smallest absolute Gasteiger partial charge is 0.398 e. The highest BCUT2D eigenvalue weighted by Gasteiger charge is 2.32. The fourth-order valence-corrected chi connectivity index (χ4v) is 1.13. The molecule has 0 bridgehead atoms. The highest BCUT2D eigenvalue weighted by molar-refractivity contribution is 5.58. The summed E-state index contributed by atoms with van der Waals surface area (Å²) in [5, 5.41) is 8.50. The third kappa shape index (κ3) is 1.79. The van der Waals surface area contributed by atoms with Crippen LogP contribution in [-0.2, 0) is 6.18 Å². The molecule has 2 nitrogen and oxygen atoms in total.